The molecular weight excluding hydrogens is 371 g/mol. The first-order valence-corrected chi connectivity index (χ1v) is 9.01. The van der Waals surface area contributed by atoms with Crippen molar-refractivity contribution in [3.63, 3.8) is 0 Å². The minimum absolute atomic E-state index is 0.260. The molecule has 2 aromatic heterocycles. The van der Waals surface area contributed by atoms with Crippen molar-refractivity contribution < 1.29 is 13.7 Å². The molecule has 0 fully saturated rings. The van der Waals surface area contributed by atoms with E-state index in [0.29, 0.717) is 36.0 Å². The van der Waals surface area contributed by atoms with E-state index in [1.807, 2.05) is 30.3 Å². The third kappa shape index (κ3) is 4.52. The second-order valence-corrected chi connectivity index (χ2v) is 6.59. The molecule has 7 heteroatoms. The van der Waals surface area contributed by atoms with Gasteiger partial charge in [0, 0.05) is 12.5 Å². The first-order chi connectivity index (χ1) is 14.1. The Labute approximate surface area is 166 Å². The van der Waals surface area contributed by atoms with Crippen LogP contribution in [0.15, 0.2) is 71.3 Å². The van der Waals surface area contributed by atoms with Crippen LogP contribution in [-0.2, 0) is 13.0 Å². The molecule has 29 heavy (non-hydrogen) atoms. The molecule has 4 rings (SSSR count). The number of ether oxygens (including phenoxy) is 1. The molecule has 0 bridgehead atoms. The first-order valence-electron chi connectivity index (χ1n) is 9.01. The number of nitrogen functional groups attached to an aromatic ring is 2. The Balaban J connectivity index is 1.39. The predicted octanol–water partition coefficient (Wildman–Crippen LogP) is 4.21. The van der Waals surface area contributed by atoms with Crippen LogP contribution >= 0.6 is 0 Å². The lowest BCUT2D eigenvalue weighted by atomic mass is 10.1. The lowest BCUT2D eigenvalue weighted by Crippen LogP contribution is -1.97. The fourth-order valence-corrected chi connectivity index (χ4v) is 2.88. The molecule has 146 valence electrons. The van der Waals surface area contributed by atoms with E-state index in [-0.39, 0.29) is 5.82 Å². The Bertz CT molecular complexity index is 1110. The number of hydrogen-bond donors (Lipinski definition) is 2. The van der Waals surface area contributed by atoms with Gasteiger partial charge in [0.15, 0.2) is 5.76 Å². The van der Waals surface area contributed by atoms with Gasteiger partial charge < -0.3 is 20.7 Å². The van der Waals surface area contributed by atoms with E-state index in [2.05, 4.69) is 10.1 Å². The van der Waals surface area contributed by atoms with Gasteiger partial charge in [-0.3, -0.25) is 0 Å². The SMILES string of the molecule is Nc1ccc(-c2cc(Cc3ccc(OCc4ccc(F)cc4)cc3)no2)c(N)n1. The summed E-state index contributed by atoms with van der Waals surface area (Å²) >= 11 is 0. The minimum Gasteiger partial charge on any atom is -0.489 e. The molecule has 0 radical (unpaired) electrons. The maximum absolute atomic E-state index is 12.9. The third-order valence-electron chi connectivity index (χ3n) is 4.40. The molecule has 0 spiro atoms. The molecule has 0 saturated carbocycles. The summed E-state index contributed by atoms with van der Waals surface area (Å²) in [6, 6.07) is 19.2. The van der Waals surface area contributed by atoms with Crippen LogP contribution in [0.3, 0.4) is 0 Å². The van der Waals surface area contributed by atoms with Gasteiger partial charge in [0.25, 0.3) is 0 Å². The van der Waals surface area contributed by atoms with Gasteiger partial charge in [-0.2, -0.15) is 0 Å². The van der Waals surface area contributed by atoms with Crippen LogP contribution in [0, 0.1) is 5.82 Å². The summed E-state index contributed by atoms with van der Waals surface area (Å²) < 4.78 is 24.1. The van der Waals surface area contributed by atoms with Crippen LogP contribution in [0.5, 0.6) is 5.75 Å². The highest BCUT2D eigenvalue weighted by molar-refractivity contribution is 5.71. The summed E-state index contributed by atoms with van der Waals surface area (Å²) in [5.74, 6) is 1.68. The lowest BCUT2D eigenvalue weighted by molar-refractivity contribution is 0.306. The number of aromatic nitrogens is 2. The maximum Gasteiger partial charge on any atom is 0.170 e. The Morgan fingerprint density at radius 2 is 1.62 bits per heavy atom. The number of rotatable bonds is 6. The van der Waals surface area contributed by atoms with Crippen molar-refractivity contribution in [2.45, 2.75) is 13.0 Å². The summed E-state index contributed by atoms with van der Waals surface area (Å²) in [7, 11) is 0. The van der Waals surface area contributed by atoms with Gasteiger partial charge in [-0.25, -0.2) is 9.37 Å². The Hall–Kier alpha value is -3.87. The molecule has 2 aromatic carbocycles. The Morgan fingerprint density at radius 3 is 2.34 bits per heavy atom. The number of nitrogens with two attached hydrogens (primary N) is 2. The van der Waals surface area contributed by atoms with E-state index in [1.165, 1.54) is 12.1 Å². The topological polar surface area (TPSA) is 100 Å². The monoisotopic (exact) mass is 390 g/mol. The van der Waals surface area contributed by atoms with E-state index in [0.717, 1.165) is 22.6 Å². The number of halogens is 1. The predicted molar refractivity (Wildman–Crippen MR) is 109 cm³/mol. The fraction of sp³-hybridized carbons (Fsp3) is 0.0909. The van der Waals surface area contributed by atoms with Crippen molar-refractivity contribution in [3.8, 4) is 17.1 Å². The third-order valence-corrected chi connectivity index (χ3v) is 4.40. The molecule has 0 unspecified atom stereocenters. The Kier molecular flexibility index (Phi) is 5.11. The number of pyridine rings is 1. The van der Waals surface area contributed by atoms with E-state index < -0.39 is 0 Å². The van der Waals surface area contributed by atoms with Crippen LogP contribution in [0.25, 0.3) is 11.3 Å². The minimum atomic E-state index is -0.260. The van der Waals surface area contributed by atoms with Gasteiger partial charge in [0.2, 0.25) is 0 Å². The molecule has 0 aliphatic rings. The zero-order chi connectivity index (χ0) is 20.2. The number of benzene rings is 2. The summed E-state index contributed by atoms with van der Waals surface area (Å²) in [4.78, 5) is 4.03. The largest absolute Gasteiger partial charge is 0.489 e. The van der Waals surface area contributed by atoms with Crippen LogP contribution in [0.2, 0.25) is 0 Å². The van der Waals surface area contributed by atoms with Crippen molar-refractivity contribution in [2.75, 3.05) is 11.5 Å². The average Bonchev–Trinajstić information content (AvgIpc) is 3.17. The van der Waals surface area contributed by atoms with Crippen molar-refractivity contribution >= 4 is 11.6 Å². The van der Waals surface area contributed by atoms with Gasteiger partial charge in [-0.15, -0.1) is 0 Å². The second-order valence-electron chi connectivity index (χ2n) is 6.59. The highest BCUT2D eigenvalue weighted by Gasteiger charge is 2.11. The second kappa shape index (κ2) is 8.02. The molecule has 0 aliphatic heterocycles. The van der Waals surface area contributed by atoms with E-state index in [9.17, 15) is 4.39 Å². The summed E-state index contributed by atoms with van der Waals surface area (Å²) in [5, 5.41) is 4.11. The van der Waals surface area contributed by atoms with Crippen molar-refractivity contribution in [3.05, 3.63) is 89.4 Å². The lowest BCUT2D eigenvalue weighted by Gasteiger charge is -2.07. The molecular formula is C22H19FN4O2. The zero-order valence-electron chi connectivity index (χ0n) is 15.5. The standard InChI is InChI=1S/C22H19FN4O2/c23-16-5-1-15(2-6-16)13-28-18-7-3-14(4-8-18)11-17-12-20(29-27-17)19-9-10-21(24)26-22(19)25/h1-10,12H,11,13H2,(H4,24,25,26). The molecule has 6 nitrogen and oxygen atoms in total. The van der Waals surface area contributed by atoms with Crippen LogP contribution in [-0.4, -0.2) is 10.1 Å². The highest BCUT2D eigenvalue weighted by Crippen LogP contribution is 2.27. The van der Waals surface area contributed by atoms with Crippen LogP contribution in [0.1, 0.15) is 16.8 Å². The maximum atomic E-state index is 12.9. The molecule has 0 saturated heterocycles. The molecule has 2 heterocycles. The number of hydrogen-bond acceptors (Lipinski definition) is 6. The van der Waals surface area contributed by atoms with Crippen molar-refractivity contribution in [1.29, 1.82) is 0 Å². The molecule has 0 aliphatic carbocycles. The molecule has 4 N–H and O–H groups in total. The molecule has 0 atom stereocenters. The normalized spacial score (nSPS) is 10.8. The van der Waals surface area contributed by atoms with Crippen LogP contribution < -0.4 is 16.2 Å². The average molecular weight is 390 g/mol. The fourth-order valence-electron chi connectivity index (χ4n) is 2.88. The van der Waals surface area contributed by atoms with E-state index in [4.69, 9.17) is 20.7 Å². The quantitative estimate of drug-likeness (QED) is 0.511. The summed E-state index contributed by atoms with van der Waals surface area (Å²) in [6.07, 6.45) is 0.601. The number of nitrogens with zero attached hydrogens (tertiary/aromatic N) is 2. The Morgan fingerprint density at radius 1 is 0.897 bits per heavy atom. The number of anilines is 2. The first kappa shape index (κ1) is 18.5. The summed E-state index contributed by atoms with van der Waals surface area (Å²) in [5.41, 5.74) is 14.9. The molecule has 4 aromatic rings. The van der Waals surface area contributed by atoms with Gasteiger partial charge in [-0.1, -0.05) is 29.4 Å². The van der Waals surface area contributed by atoms with Gasteiger partial charge >= 0.3 is 0 Å². The van der Waals surface area contributed by atoms with E-state index >= 15 is 0 Å². The van der Waals surface area contributed by atoms with E-state index in [1.54, 1.807) is 24.3 Å². The van der Waals surface area contributed by atoms with Crippen molar-refractivity contribution in [2.24, 2.45) is 0 Å². The zero-order valence-corrected chi connectivity index (χ0v) is 15.5. The van der Waals surface area contributed by atoms with Crippen molar-refractivity contribution in [1.82, 2.24) is 10.1 Å². The van der Waals surface area contributed by atoms with Gasteiger partial charge in [0.05, 0.1) is 11.3 Å². The molecule has 0 amide bonds. The van der Waals surface area contributed by atoms with Crippen LogP contribution in [0.4, 0.5) is 16.0 Å². The highest BCUT2D eigenvalue weighted by atomic mass is 19.1. The smallest absolute Gasteiger partial charge is 0.170 e. The van der Waals surface area contributed by atoms with Gasteiger partial charge in [-0.05, 0) is 47.5 Å². The summed E-state index contributed by atoms with van der Waals surface area (Å²) in [6.45, 7) is 0.378. The van der Waals surface area contributed by atoms with Gasteiger partial charge in [0.1, 0.15) is 29.8 Å².